The molecule has 7 nitrogen and oxygen atoms in total. The van der Waals surface area contributed by atoms with Gasteiger partial charge in [-0.25, -0.2) is 9.18 Å². The number of methoxy groups -OCH3 is 3. The number of aromatic amines is 1. The first-order valence-electron chi connectivity index (χ1n) is 11.3. The van der Waals surface area contributed by atoms with Crippen molar-refractivity contribution < 1.29 is 23.4 Å². The first-order chi connectivity index (χ1) is 17.0. The van der Waals surface area contributed by atoms with Crippen LogP contribution in [0.3, 0.4) is 0 Å². The Balaban J connectivity index is 1.56. The number of amides is 2. The molecule has 0 fully saturated rings. The van der Waals surface area contributed by atoms with E-state index < -0.39 is 6.04 Å². The van der Waals surface area contributed by atoms with Crippen LogP contribution in [0.25, 0.3) is 10.9 Å². The normalized spacial score (nSPS) is 15.0. The topological polar surface area (TPSA) is 75.8 Å². The lowest BCUT2D eigenvalue weighted by atomic mass is 9.92. The second-order valence-corrected chi connectivity index (χ2v) is 8.27. The van der Waals surface area contributed by atoms with Crippen LogP contribution in [-0.4, -0.2) is 43.8 Å². The highest BCUT2D eigenvalue weighted by molar-refractivity contribution is 5.92. The van der Waals surface area contributed by atoms with Crippen molar-refractivity contribution in [1.82, 2.24) is 9.88 Å². The molecule has 1 aromatic heterocycles. The van der Waals surface area contributed by atoms with Crippen LogP contribution in [0, 0.1) is 5.82 Å². The quantitative estimate of drug-likeness (QED) is 0.399. The number of benzene rings is 3. The molecule has 0 aliphatic carbocycles. The number of urea groups is 1. The Morgan fingerprint density at radius 2 is 1.69 bits per heavy atom. The van der Waals surface area contributed by atoms with E-state index in [0.717, 1.165) is 22.2 Å². The number of fused-ring (bicyclic) bond motifs is 3. The largest absolute Gasteiger partial charge is 0.493 e. The van der Waals surface area contributed by atoms with E-state index in [4.69, 9.17) is 14.2 Å². The van der Waals surface area contributed by atoms with Crippen molar-refractivity contribution in [2.24, 2.45) is 0 Å². The molecule has 180 valence electrons. The van der Waals surface area contributed by atoms with Gasteiger partial charge in [-0.3, -0.25) is 0 Å². The molecule has 0 bridgehead atoms. The Kier molecular flexibility index (Phi) is 5.94. The molecule has 5 rings (SSSR count). The molecule has 4 aromatic rings. The number of nitrogens with one attached hydrogen (secondary N) is 2. The Labute approximate surface area is 202 Å². The van der Waals surface area contributed by atoms with Gasteiger partial charge in [0.05, 0.1) is 27.0 Å². The molecule has 0 radical (unpaired) electrons. The molecule has 2 N–H and O–H groups in total. The van der Waals surface area contributed by atoms with Gasteiger partial charge in [-0.2, -0.15) is 0 Å². The van der Waals surface area contributed by atoms with Crippen LogP contribution < -0.4 is 19.5 Å². The lowest BCUT2D eigenvalue weighted by Crippen LogP contribution is -2.43. The number of hydrogen-bond donors (Lipinski definition) is 2. The van der Waals surface area contributed by atoms with Gasteiger partial charge >= 0.3 is 6.03 Å². The second kappa shape index (κ2) is 9.21. The lowest BCUT2D eigenvalue weighted by Gasteiger charge is -2.36. The van der Waals surface area contributed by atoms with Crippen LogP contribution >= 0.6 is 0 Å². The highest BCUT2D eigenvalue weighted by Gasteiger charge is 2.36. The SMILES string of the molecule is COc1cc(NC(=O)N2CCc3c([nH]c4ccccc34)C2c2ccccc2F)cc(OC)c1OC. The second-order valence-electron chi connectivity index (χ2n) is 8.27. The summed E-state index contributed by atoms with van der Waals surface area (Å²) >= 11 is 0. The third-order valence-electron chi connectivity index (χ3n) is 6.41. The third-order valence-corrected chi connectivity index (χ3v) is 6.41. The van der Waals surface area contributed by atoms with E-state index in [2.05, 4.69) is 16.4 Å². The first kappa shape index (κ1) is 22.6. The summed E-state index contributed by atoms with van der Waals surface area (Å²) in [4.78, 5) is 18.7. The molecular weight excluding hydrogens is 449 g/mol. The molecule has 35 heavy (non-hydrogen) atoms. The van der Waals surface area contributed by atoms with E-state index in [1.54, 1.807) is 35.2 Å². The van der Waals surface area contributed by atoms with Crippen molar-refractivity contribution in [2.45, 2.75) is 12.5 Å². The summed E-state index contributed by atoms with van der Waals surface area (Å²) in [5.41, 5.74) is 3.79. The van der Waals surface area contributed by atoms with Gasteiger partial charge in [-0.1, -0.05) is 36.4 Å². The smallest absolute Gasteiger partial charge is 0.322 e. The van der Waals surface area contributed by atoms with E-state index in [-0.39, 0.29) is 11.8 Å². The number of carbonyl (C=O) groups is 1. The Hall–Kier alpha value is -4.20. The van der Waals surface area contributed by atoms with Gasteiger partial charge in [0.25, 0.3) is 0 Å². The number of para-hydroxylation sites is 1. The van der Waals surface area contributed by atoms with E-state index in [1.165, 1.54) is 27.4 Å². The summed E-state index contributed by atoms with van der Waals surface area (Å²) in [5, 5.41) is 4.02. The van der Waals surface area contributed by atoms with E-state index >= 15 is 4.39 Å². The predicted molar refractivity (Wildman–Crippen MR) is 132 cm³/mol. The molecule has 0 saturated carbocycles. The van der Waals surface area contributed by atoms with Gasteiger partial charge in [0.15, 0.2) is 11.5 Å². The number of hydrogen-bond acceptors (Lipinski definition) is 4. The first-order valence-corrected chi connectivity index (χ1v) is 11.3. The third kappa shape index (κ3) is 3.90. The van der Waals surface area contributed by atoms with E-state index in [1.807, 2.05) is 18.2 Å². The average molecular weight is 476 g/mol. The molecule has 0 spiro atoms. The van der Waals surface area contributed by atoms with Crippen molar-refractivity contribution >= 4 is 22.6 Å². The summed E-state index contributed by atoms with van der Waals surface area (Å²) < 4.78 is 31.2. The molecule has 1 aliphatic rings. The van der Waals surface area contributed by atoms with E-state index in [9.17, 15) is 4.79 Å². The number of carbonyl (C=O) groups excluding carboxylic acids is 1. The van der Waals surface area contributed by atoms with Crippen molar-refractivity contribution in [3.05, 3.63) is 83.3 Å². The minimum Gasteiger partial charge on any atom is -0.493 e. The van der Waals surface area contributed by atoms with Crippen molar-refractivity contribution in [3.8, 4) is 17.2 Å². The predicted octanol–water partition coefficient (Wildman–Crippen LogP) is 5.51. The van der Waals surface area contributed by atoms with E-state index in [0.29, 0.717) is 41.5 Å². The highest BCUT2D eigenvalue weighted by Crippen LogP contribution is 2.42. The number of ether oxygens (including phenoxy) is 3. The summed E-state index contributed by atoms with van der Waals surface area (Å²) in [7, 11) is 4.54. The fourth-order valence-corrected chi connectivity index (χ4v) is 4.83. The highest BCUT2D eigenvalue weighted by atomic mass is 19.1. The summed E-state index contributed by atoms with van der Waals surface area (Å²) in [6.07, 6.45) is 0.646. The van der Waals surface area contributed by atoms with Gasteiger partial charge in [-0.15, -0.1) is 0 Å². The van der Waals surface area contributed by atoms with Crippen LogP contribution in [0.4, 0.5) is 14.9 Å². The van der Waals surface area contributed by atoms with Gasteiger partial charge < -0.3 is 29.4 Å². The van der Waals surface area contributed by atoms with Crippen molar-refractivity contribution in [1.29, 1.82) is 0 Å². The van der Waals surface area contributed by atoms with Gasteiger partial charge in [0, 0.05) is 40.8 Å². The maximum Gasteiger partial charge on any atom is 0.322 e. The zero-order valence-electron chi connectivity index (χ0n) is 19.7. The van der Waals surface area contributed by atoms with Gasteiger partial charge in [-0.05, 0) is 24.1 Å². The Bertz CT molecular complexity index is 1380. The number of aromatic nitrogens is 1. The minimum absolute atomic E-state index is 0.364. The fourth-order valence-electron chi connectivity index (χ4n) is 4.83. The molecule has 8 heteroatoms. The molecular formula is C27H26FN3O4. The standard InChI is InChI=1S/C27H26FN3O4/c1-33-22-14-16(15-23(34-2)26(22)35-3)29-27(32)31-13-12-18-17-8-5-7-11-21(17)30-24(18)25(31)19-9-4-6-10-20(19)28/h4-11,14-15,25,30H,12-13H2,1-3H3,(H,29,32). The summed E-state index contributed by atoms with van der Waals surface area (Å²) in [6.45, 7) is 0.421. The molecule has 0 saturated heterocycles. The molecule has 2 heterocycles. The van der Waals surface area contributed by atoms with Crippen molar-refractivity contribution in [3.63, 3.8) is 0 Å². The zero-order chi connectivity index (χ0) is 24.5. The van der Waals surface area contributed by atoms with Crippen LogP contribution in [-0.2, 0) is 6.42 Å². The number of H-pyrrole nitrogens is 1. The molecule has 2 amide bonds. The number of nitrogens with zero attached hydrogens (tertiary/aromatic N) is 1. The Morgan fingerprint density at radius 3 is 2.37 bits per heavy atom. The monoisotopic (exact) mass is 475 g/mol. The van der Waals surface area contributed by atoms with Gasteiger partial charge in [0.1, 0.15) is 11.9 Å². The minimum atomic E-state index is -0.616. The maximum atomic E-state index is 15.0. The molecule has 1 atom stereocenters. The maximum absolute atomic E-state index is 15.0. The summed E-state index contributed by atoms with van der Waals surface area (Å²) in [5.74, 6) is 0.904. The summed E-state index contributed by atoms with van der Waals surface area (Å²) in [6, 6.07) is 16.9. The van der Waals surface area contributed by atoms with Gasteiger partial charge in [0.2, 0.25) is 5.75 Å². The lowest BCUT2D eigenvalue weighted by molar-refractivity contribution is 0.192. The molecule has 3 aromatic carbocycles. The van der Waals surface area contributed by atoms with Crippen LogP contribution in [0.2, 0.25) is 0 Å². The molecule has 1 aliphatic heterocycles. The number of rotatable bonds is 5. The molecule has 1 unspecified atom stereocenters. The Morgan fingerprint density at radius 1 is 1.00 bits per heavy atom. The van der Waals surface area contributed by atoms with Crippen LogP contribution in [0.5, 0.6) is 17.2 Å². The van der Waals surface area contributed by atoms with Crippen LogP contribution in [0.1, 0.15) is 22.9 Å². The number of halogens is 1. The number of anilines is 1. The fraction of sp³-hybridized carbons (Fsp3) is 0.222. The van der Waals surface area contributed by atoms with Crippen molar-refractivity contribution in [2.75, 3.05) is 33.2 Å². The zero-order valence-corrected chi connectivity index (χ0v) is 19.7. The average Bonchev–Trinajstić information content (AvgIpc) is 3.26. The van der Waals surface area contributed by atoms with Crippen LogP contribution in [0.15, 0.2) is 60.7 Å².